The Balaban J connectivity index is 2.22. The molecule has 0 saturated carbocycles. The lowest BCUT2D eigenvalue weighted by Gasteiger charge is -2.10. The first-order valence-corrected chi connectivity index (χ1v) is 9.89. The molecule has 0 atom stereocenters. The molecule has 1 aromatic carbocycles. The maximum atomic E-state index is 13.2. The Bertz CT molecular complexity index is 1070. The van der Waals surface area contributed by atoms with Crippen LogP contribution in [0.5, 0.6) is 0 Å². The van der Waals surface area contributed by atoms with E-state index in [1.807, 2.05) is 26.0 Å². The van der Waals surface area contributed by atoms with Crippen LogP contribution in [0.25, 0.3) is 21.3 Å². The molecule has 26 heavy (non-hydrogen) atoms. The lowest BCUT2D eigenvalue weighted by atomic mass is 10.0. The van der Waals surface area contributed by atoms with Crippen LogP contribution in [0.3, 0.4) is 0 Å². The van der Waals surface area contributed by atoms with E-state index in [-0.39, 0.29) is 12.0 Å². The first kappa shape index (κ1) is 18.8. The molecular weight excluding hydrogens is 416 g/mol. The third-order valence-electron chi connectivity index (χ3n) is 4.34. The zero-order valence-electron chi connectivity index (χ0n) is 14.8. The normalized spacial score (nSPS) is 11.2. The lowest BCUT2D eigenvalue weighted by Crippen LogP contribution is -2.24. The Labute approximate surface area is 163 Å². The molecule has 0 unspecified atom stereocenters. The monoisotopic (exact) mass is 434 g/mol. The molecule has 0 amide bonds. The third-order valence-corrected chi connectivity index (χ3v) is 6.03. The van der Waals surface area contributed by atoms with Gasteiger partial charge < -0.3 is 5.11 Å². The second-order valence-corrected chi connectivity index (χ2v) is 8.37. The molecule has 0 aliphatic carbocycles. The van der Waals surface area contributed by atoms with E-state index >= 15 is 0 Å². The van der Waals surface area contributed by atoms with Crippen LogP contribution in [0.2, 0.25) is 0 Å². The Hall–Kier alpha value is -1.99. The Morgan fingerprint density at radius 3 is 2.73 bits per heavy atom. The molecule has 0 radical (unpaired) electrons. The van der Waals surface area contributed by atoms with E-state index in [2.05, 4.69) is 27.0 Å². The van der Waals surface area contributed by atoms with Crippen molar-refractivity contribution in [1.29, 1.82) is 0 Å². The standard InChI is InChI=1S/C19H19BrN2O3S/c1-10-6-7-14(20)13(9-10)16-11(2)26-18-17(16)19(25)22(12(3)21-18)8-4-5-15(23)24/h6-7,9H,4-5,8H2,1-3H3,(H,23,24). The number of benzene rings is 1. The predicted molar refractivity (Wildman–Crippen MR) is 108 cm³/mol. The van der Waals surface area contributed by atoms with Crippen molar-refractivity contribution in [2.24, 2.45) is 0 Å². The summed E-state index contributed by atoms with van der Waals surface area (Å²) in [7, 11) is 0. The topological polar surface area (TPSA) is 72.2 Å². The summed E-state index contributed by atoms with van der Waals surface area (Å²) >= 11 is 5.11. The SMILES string of the molecule is Cc1ccc(Br)c(-c2c(C)sc3nc(C)n(CCCC(=O)O)c(=O)c23)c1. The van der Waals surface area contributed by atoms with Crippen molar-refractivity contribution in [3.05, 3.63) is 49.3 Å². The van der Waals surface area contributed by atoms with E-state index in [1.54, 1.807) is 11.5 Å². The quantitative estimate of drug-likeness (QED) is 0.632. The second kappa shape index (κ2) is 7.32. The minimum absolute atomic E-state index is 0.0306. The van der Waals surface area contributed by atoms with Gasteiger partial charge in [0.25, 0.3) is 5.56 Å². The Morgan fingerprint density at radius 1 is 1.31 bits per heavy atom. The highest BCUT2D eigenvalue weighted by molar-refractivity contribution is 9.10. The van der Waals surface area contributed by atoms with E-state index in [0.717, 1.165) is 30.9 Å². The fourth-order valence-electron chi connectivity index (χ4n) is 3.10. The van der Waals surface area contributed by atoms with Gasteiger partial charge in [-0.15, -0.1) is 11.3 Å². The first-order chi connectivity index (χ1) is 12.3. The summed E-state index contributed by atoms with van der Waals surface area (Å²) in [6, 6.07) is 6.07. The fraction of sp³-hybridized carbons (Fsp3) is 0.316. The number of aryl methyl sites for hydroxylation is 3. The minimum atomic E-state index is -0.861. The summed E-state index contributed by atoms with van der Waals surface area (Å²) in [4.78, 5) is 30.3. The highest BCUT2D eigenvalue weighted by Crippen LogP contribution is 2.39. The number of carboxylic acid groups (broad SMARTS) is 1. The number of rotatable bonds is 5. The number of hydrogen-bond donors (Lipinski definition) is 1. The highest BCUT2D eigenvalue weighted by Gasteiger charge is 2.20. The average Bonchev–Trinajstić information content (AvgIpc) is 2.88. The van der Waals surface area contributed by atoms with Crippen molar-refractivity contribution < 1.29 is 9.90 Å². The molecule has 7 heteroatoms. The number of aromatic nitrogens is 2. The van der Waals surface area contributed by atoms with Gasteiger partial charge in [0, 0.05) is 27.9 Å². The summed E-state index contributed by atoms with van der Waals surface area (Å²) in [5, 5.41) is 9.46. The van der Waals surface area contributed by atoms with E-state index in [9.17, 15) is 9.59 Å². The van der Waals surface area contributed by atoms with Crippen molar-refractivity contribution >= 4 is 43.5 Å². The van der Waals surface area contributed by atoms with Crippen molar-refractivity contribution in [2.45, 2.75) is 40.2 Å². The number of thiophene rings is 1. The van der Waals surface area contributed by atoms with E-state index in [1.165, 1.54) is 11.3 Å². The molecule has 5 nitrogen and oxygen atoms in total. The number of halogens is 1. The predicted octanol–water partition coefficient (Wildman–Crippen LogP) is 4.68. The zero-order valence-corrected chi connectivity index (χ0v) is 17.2. The molecule has 0 aliphatic rings. The minimum Gasteiger partial charge on any atom is -0.481 e. The van der Waals surface area contributed by atoms with Gasteiger partial charge in [0.15, 0.2) is 0 Å². The van der Waals surface area contributed by atoms with Crippen LogP contribution in [0.1, 0.15) is 29.1 Å². The highest BCUT2D eigenvalue weighted by atomic mass is 79.9. The van der Waals surface area contributed by atoms with Gasteiger partial charge in [-0.1, -0.05) is 33.6 Å². The number of fused-ring (bicyclic) bond motifs is 1. The van der Waals surface area contributed by atoms with Gasteiger partial charge in [-0.25, -0.2) is 4.98 Å². The summed E-state index contributed by atoms with van der Waals surface area (Å²) < 4.78 is 2.52. The van der Waals surface area contributed by atoms with Gasteiger partial charge in [-0.2, -0.15) is 0 Å². The summed E-state index contributed by atoms with van der Waals surface area (Å²) in [5.41, 5.74) is 2.90. The van der Waals surface area contributed by atoms with Gasteiger partial charge >= 0.3 is 5.97 Å². The molecule has 3 rings (SSSR count). The summed E-state index contributed by atoms with van der Waals surface area (Å²) in [6.45, 7) is 6.16. The van der Waals surface area contributed by atoms with Crippen molar-refractivity contribution in [3.8, 4) is 11.1 Å². The van der Waals surface area contributed by atoms with Crippen LogP contribution in [-0.4, -0.2) is 20.6 Å². The number of aliphatic carboxylic acids is 1. The average molecular weight is 435 g/mol. The first-order valence-electron chi connectivity index (χ1n) is 8.28. The molecular formula is C19H19BrN2O3S. The van der Waals surface area contributed by atoms with Crippen LogP contribution < -0.4 is 5.56 Å². The molecule has 3 aromatic rings. The van der Waals surface area contributed by atoms with Gasteiger partial charge in [0.1, 0.15) is 10.7 Å². The Kier molecular flexibility index (Phi) is 5.29. The summed E-state index contributed by atoms with van der Waals surface area (Å²) in [5.74, 6) is -0.246. The molecule has 0 bridgehead atoms. The maximum absolute atomic E-state index is 13.2. The number of nitrogens with zero attached hydrogens (tertiary/aromatic N) is 2. The summed E-state index contributed by atoms with van der Waals surface area (Å²) in [6.07, 6.45) is 0.429. The fourth-order valence-corrected chi connectivity index (χ4v) is 4.62. The van der Waals surface area contributed by atoms with Crippen molar-refractivity contribution in [1.82, 2.24) is 9.55 Å². The van der Waals surface area contributed by atoms with Gasteiger partial charge in [-0.3, -0.25) is 14.2 Å². The van der Waals surface area contributed by atoms with Crippen LogP contribution in [0.15, 0.2) is 27.5 Å². The van der Waals surface area contributed by atoms with Crippen molar-refractivity contribution in [3.63, 3.8) is 0 Å². The number of carboxylic acids is 1. The van der Waals surface area contributed by atoms with Crippen LogP contribution in [0.4, 0.5) is 0 Å². The number of hydrogen-bond acceptors (Lipinski definition) is 4. The Morgan fingerprint density at radius 2 is 2.04 bits per heavy atom. The molecule has 0 aliphatic heterocycles. The van der Waals surface area contributed by atoms with Crippen LogP contribution in [-0.2, 0) is 11.3 Å². The second-order valence-electron chi connectivity index (χ2n) is 6.31. The van der Waals surface area contributed by atoms with Crippen molar-refractivity contribution in [2.75, 3.05) is 0 Å². The smallest absolute Gasteiger partial charge is 0.303 e. The maximum Gasteiger partial charge on any atom is 0.303 e. The molecule has 2 aromatic heterocycles. The van der Waals surface area contributed by atoms with Crippen LogP contribution >= 0.6 is 27.3 Å². The molecule has 0 fully saturated rings. The molecule has 1 N–H and O–H groups in total. The van der Waals surface area contributed by atoms with Gasteiger partial charge in [0.05, 0.1) is 5.39 Å². The van der Waals surface area contributed by atoms with Gasteiger partial charge in [0.2, 0.25) is 0 Å². The molecule has 136 valence electrons. The van der Waals surface area contributed by atoms with Crippen LogP contribution in [0, 0.1) is 20.8 Å². The number of carbonyl (C=O) groups is 1. The lowest BCUT2D eigenvalue weighted by molar-refractivity contribution is -0.137. The molecule has 0 spiro atoms. The largest absolute Gasteiger partial charge is 0.481 e. The molecule has 2 heterocycles. The third kappa shape index (κ3) is 3.46. The molecule has 0 saturated heterocycles. The van der Waals surface area contributed by atoms with E-state index < -0.39 is 5.97 Å². The van der Waals surface area contributed by atoms with Gasteiger partial charge in [-0.05, 0) is 38.8 Å². The van der Waals surface area contributed by atoms with E-state index in [4.69, 9.17) is 5.11 Å². The zero-order chi connectivity index (χ0) is 19.0. The van der Waals surface area contributed by atoms with E-state index in [0.29, 0.717) is 24.2 Å².